The van der Waals surface area contributed by atoms with E-state index in [1.165, 1.54) is 6.20 Å². The van der Waals surface area contributed by atoms with Gasteiger partial charge in [0.05, 0.1) is 19.4 Å². The number of aromatic nitrogens is 2. The van der Waals surface area contributed by atoms with Crippen molar-refractivity contribution in [3.63, 3.8) is 0 Å². The lowest BCUT2D eigenvalue weighted by atomic mass is 9.78. The fourth-order valence-corrected chi connectivity index (χ4v) is 6.06. The molecular formula is C33H42F3N3O3. The van der Waals surface area contributed by atoms with Crippen LogP contribution in [0.5, 0.6) is 0 Å². The smallest absolute Gasteiger partial charge is 0.497 e. The maximum atomic E-state index is 13.9. The quantitative estimate of drug-likeness (QED) is 0.241. The number of ether oxygens (including phenoxy) is 1. The van der Waals surface area contributed by atoms with Crippen molar-refractivity contribution in [2.24, 2.45) is 17.8 Å². The van der Waals surface area contributed by atoms with Gasteiger partial charge in [-0.05, 0) is 106 Å². The van der Waals surface area contributed by atoms with E-state index in [1.54, 1.807) is 25.3 Å². The molecule has 1 heterocycles. The number of rotatable bonds is 9. The molecule has 0 atom stereocenters. The van der Waals surface area contributed by atoms with Crippen molar-refractivity contribution < 1.29 is 27.8 Å². The van der Waals surface area contributed by atoms with E-state index in [0.717, 1.165) is 48.8 Å². The highest BCUT2D eigenvalue weighted by Crippen LogP contribution is 2.37. The predicted octanol–water partition coefficient (Wildman–Crippen LogP) is 7.77. The average Bonchev–Trinajstić information content (AvgIpc) is 3.48. The minimum absolute atomic E-state index is 0.0114. The van der Waals surface area contributed by atoms with Gasteiger partial charge in [-0.15, -0.1) is 13.2 Å². The topological polar surface area (TPSA) is 67.6 Å². The molecule has 1 aromatic carbocycles. The fraction of sp³-hybridized carbons (Fsp3) is 0.515. The molecule has 6 nitrogen and oxygen atoms in total. The molecule has 2 saturated carbocycles. The van der Waals surface area contributed by atoms with Gasteiger partial charge in [0.1, 0.15) is 5.76 Å². The number of hydrogen-bond donors (Lipinski definition) is 1. The normalized spacial score (nSPS) is 23.0. The molecule has 1 amide bonds. The average molecular weight is 586 g/mol. The van der Waals surface area contributed by atoms with Gasteiger partial charge in [0, 0.05) is 29.9 Å². The standard InChI is InChI=1S/C33H42F3N3O3/c1-22(2)31(42-4)17-8-23(3)25-11-9-24(10-12-25)20-38(32(41)26-13-15-30(40)16-14-26)29-7-5-6-27(18-29)28-19-37-39(21-28)33(34,35)36/h5-8,17-19,21,24-26,30,40H,3,9-16,20H2,1-2,4H3/b17-8-/t24-,25-,26-,30-. The van der Waals surface area contributed by atoms with Crippen LogP contribution in [0.1, 0.15) is 65.2 Å². The molecule has 0 radical (unpaired) electrons. The lowest BCUT2D eigenvalue weighted by molar-refractivity contribution is -0.212. The minimum atomic E-state index is -4.60. The van der Waals surface area contributed by atoms with Crippen molar-refractivity contribution in [3.8, 4) is 11.1 Å². The maximum Gasteiger partial charge on any atom is 0.504 e. The molecule has 0 saturated heterocycles. The summed E-state index contributed by atoms with van der Waals surface area (Å²) in [6, 6.07) is 7.13. The Kier molecular flexibility index (Phi) is 10.4. The van der Waals surface area contributed by atoms with Gasteiger partial charge in [-0.25, -0.2) is 0 Å². The van der Waals surface area contributed by atoms with Gasteiger partial charge in [-0.2, -0.15) is 9.78 Å². The molecule has 9 heteroatoms. The lowest BCUT2D eigenvalue weighted by Gasteiger charge is -2.36. The van der Waals surface area contributed by atoms with E-state index in [-0.39, 0.29) is 22.6 Å². The summed E-state index contributed by atoms with van der Waals surface area (Å²) >= 11 is 0. The number of allylic oxidation sites excluding steroid dienone is 4. The molecule has 2 aliphatic carbocycles. The molecule has 0 aliphatic heterocycles. The first kappa shape index (κ1) is 31.6. The largest absolute Gasteiger partial charge is 0.504 e. The zero-order valence-electron chi connectivity index (χ0n) is 24.7. The molecule has 4 rings (SSSR count). The van der Waals surface area contributed by atoms with Crippen LogP contribution in [0.3, 0.4) is 0 Å². The number of carbonyl (C=O) groups excluding carboxylic acids is 1. The molecule has 0 bridgehead atoms. The van der Waals surface area contributed by atoms with Crippen LogP contribution in [0, 0.1) is 17.8 Å². The van der Waals surface area contributed by atoms with Crippen LogP contribution in [-0.2, 0) is 15.8 Å². The Balaban J connectivity index is 1.50. The van der Waals surface area contributed by atoms with Crippen molar-refractivity contribution in [1.82, 2.24) is 9.78 Å². The summed E-state index contributed by atoms with van der Waals surface area (Å²) in [6.07, 6.45) is 7.48. The molecule has 2 aliphatic rings. The van der Waals surface area contributed by atoms with Crippen LogP contribution in [0.2, 0.25) is 0 Å². The second-order valence-electron chi connectivity index (χ2n) is 11.8. The Bertz CT molecular complexity index is 1290. The number of carbonyl (C=O) groups is 1. The number of anilines is 1. The summed E-state index contributed by atoms with van der Waals surface area (Å²) in [5.74, 6) is 1.33. The van der Waals surface area contributed by atoms with E-state index < -0.39 is 6.30 Å². The van der Waals surface area contributed by atoms with E-state index in [2.05, 4.69) is 11.7 Å². The Labute approximate surface area is 246 Å². The second-order valence-corrected chi connectivity index (χ2v) is 11.8. The van der Waals surface area contributed by atoms with Crippen molar-refractivity contribution in [3.05, 3.63) is 72.3 Å². The van der Waals surface area contributed by atoms with E-state index in [1.807, 2.05) is 37.0 Å². The fourth-order valence-electron chi connectivity index (χ4n) is 6.06. The summed E-state index contributed by atoms with van der Waals surface area (Å²) in [4.78, 5) is 15.7. The van der Waals surface area contributed by atoms with Crippen LogP contribution in [0.4, 0.5) is 18.9 Å². The molecule has 2 aromatic rings. The third kappa shape index (κ3) is 7.94. The second kappa shape index (κ2) is 13.8. The zero-order chi connectivity index (χ0) is 30.4. The van der Waals surface area contributed by atoms with E-state index >= 15 is 0 Å². The summed E-state index contributed by atoms with van der Waals surface area (Å²) in [7, 11) is 1.66. The molecule has 1 aromatic heterocycles. The zero-order valence-corrected chi connectivity index (χ0v) is 24.7. The number of halogens is 3. The summed E-state index contributed by atoms with van der Waals surface area (Å²) in [6.45, 7) is 8.86. The highest BCUT2D eigenvalue weighted by atomic mass is 19.4. The number of amides is 1. The van der Waals surface area contributed by atoms with Crippen molar-refractivity contribution in [1.29, 1.82) is 0 Å². The first-order valence-corrected chi connectivity index (χ1v) is 14.8. The molecule has 0 spiro atoms. The first-order chi connectivity index (χ1) is 20.0. The Hall–Kier alpha value is -3.33. The molecule has 228 valence electrons. The summed E-state index contributed by atoms with van der Waals surface area (Å²) in [5, 5.41) is 13.5. The predicted molar refractivity (Wildman–Crippen MR) is 158 cm³/mol. The molecule has 1 N–H and O–H groups in total. The molecular weight excluding hydrogens is 543 g/mol. The van der Waals surface area contributed by atoms with Crippen molar-refractivity contribution in [2.75, 3.05) is 18.6 Å². The Morgan fingerprint density at radius 2 is 1.74 bits per heavy atom. The van der Waals surface area contributed by atoms with Gasteiger partial charge in [0.25, 0.3) is 0 Å². The third-order valence-electron chi connectivity index (χ3n) is 8.62. The Morgan fingerprint density at radius 1 is 1.07 bits per heavy atom. The monoisotopic (exact) mass is 585 g/mol. The van der Waals surface area contributed by atoms with Gasteiger partial charge in [0.15, 0.2) is 0 Å². The number of nitrogens with zero attached hydrogens (tertiary/aromatic N) is 3. The van der Waals surface area contributed by atoms with Gasteiger partial charge in [0.2, 0.25) is 5.91 Å². The van der Waals surface area contributed by atoms with Crippen LogP contribution in [0.15, 0.2) is 72.3 Å². The van der Waals surface area contributed by atoms with Crippen LogP contribution >= 0.6 is 0 Å². The third-order valence-corrected chi connectivity index (χ3v) is 8.62. The van der Waals surface area contributed by atoms with Gasteiger partial charge in [-0.3, -0.25) is 4.79 Å². The van der Waals surface area contributed by atoms with Crippen LogP contribution in [0.25, 0.3) is 11.1 Å². The molecule has 0 unspecified atom stereocenters. The Morgan fingerprint density at radius 3 is 2.33 bits per heavy atom. The number of methoxy groups -OCH3 is 1. The van der Waals surface area contributed by atoms with Crippen molar-refractivity contribution >= 4 is 11.6 Å². The first-order valence-electron chi connectivity index (χ1n) is 14.8. The SMILES string of the molecule is C=C(/C=C\C(OC)=C(C)C)[C@H]1CC[C@H](CN(c2cccc(-c3cnn(C(F)(F)F)c3)c2)C(=O)[C@H]2CC[C@H](O)CC2)CC1. The summed E-state index contributed by atoms with van der Waals surface area (Å²) in [5.41, 5.74) is 3.75. The molecule has 42 heavy (non-hydrogen) atoms. The van der Waals surface area contributed by atoms with E-state index in [9.17, 15) is 23.1 Å². The number of hydrogen-bond acceptors (Lipinski definition) is 4. The number of benzene rings is 1. The lowest BCUT2D eigenvalue weighted by Crippen LogP contribution is -2.42. The summed E-state index contributed by atoms with van der Waals surface area (Å²) < 4.78 is 44.8. The number of aliphatic hydroxyl groups is 1. The maximum absolute atomic E-state index is 13.9. The number of alkyl halides is 3. The van der Waals surface area contributed by atoms with Gasteiger partial charge < -0.3 is 14.7 Å². The van der Waals surface area contributed by atoms with Crippen LogP contribution in [-0.4, -0.2) is 40.6 Å². The van der Waals surface area contributed by atoms with E-state index in [0.29, 0.717) is 60.9 Å². The van der Waals surface area contributed by atoms with E-state index in [4.69, 9.17) is 4.74 Å². The van der Waals surface area contributed by atoms with Crippen molar-refractivity contribution in [2.45, 2.75) is 77.6 Å². The minimum Gasteiger partial charge on any atom is -0.497 e. The van der Waals surface area contributed by atoms with Crippen LogP contribution < -0.4 is 4.90 Å². The van der Waals surface area contributed by atoms with Gasteiger partial charge >= 0.3 is 6.30 Å². The highest BCUT2D eigenvalue weighted by molar-refractivity contribution is 5.95. The highest BCUT2D eigenvalue weighted by Gasteiger charge is 2.33. The van der Waals surface area contributed by atoms with Gasteiger partial charge in [-0.1, -0.05) is 30.4 Å². The molecule has 2 fully saturated rings. The number of aliphatic hydroxyl groups excluding tert-OH is 1.